The molecular formula is C17H25ClN2O. The SMILES string of the molecule is Cl.O=C(NCC1CCCN1)C1(Cc2ccccc2)CCC1. The van der Waals surface area contributed by atoms with Crippen LogP contribution in [0.3, 0.4) is 0 Å². The van der Waals surface area contributed by atoms with Gasteiger partial charge in [0, 0.05) is 12.6 Å². The Labute approximate surface area is 133 Å². The van der Waals surface area contributed by atoms with E-state index in [1.54, 1.807) is 0 Å². The van der Waals surface area contributed by atoms with E-state index in [4.69, 9.17) is 0 Å². The lowest BCUT2D eigenvalue weighted by Gasteiger charge is -2.40. The van der Waals surface area contributed by atoms with Gasteiger partial charge in [0.1, 0.15) is 0 Å². The van der Waals surface area contributed by atoms with Crippen molar-refractivity contribution < 1.29 is 4.79 Å². The van der Waals surface area contributed by atoms with Crippen LogP contribution in [0.1, 0.15) is 37.7 Å². The van der Waals surface area contributed by atoms with Crippen molar-refractivity contribution in [1.29, 1.82) is 0 Å². The van der Waals surface area contributed by atoms with Crippen LogP contribution in [0.25, 0.3) is 0 Å². The van der Waals surface area contributed by atoms with Gasteiger partial charge in [0.2, 0.25) is 5.91 Å². The lowest BCUT2D eigenvalue weighted by Crippen LogP contribution is -2.49. The number of nitrogens with one attached hydrogen (secondary N) is 2. The van der Waals surface area contributed by atoms with Crippen LogP contribution in [0.4, 0.5) is 0 Å². The third-order valence-corrected chi connectivity index (χ3v) is 4.85. The summed E-state index contributed by atoms with van der Waals surface area (Å²) in [4.78, 5) is 12.6. The van der Waals surface area contributed by atoms with Gasteiger partial charge < -0.3 is 10.6 Å². The molecule has 1 aliphatic heterocycles. The van der Waals surface area contributed by atoms with E-state index in [1.165, 1.54) is 24.8 Å². The van der Waals surface area contributed by atoms with Crippen LogP contribution in [-0.4, -0.2) is 25.0 Å². The number of benzene rings is 1. The average Bonchev–Trinajstić information content (AvgIpc) is 2.94. The minimum Gasteiger partial charge on any atom is -0.354 e. The third kappa shape index (κ3) is 3.78. The number of hydrogen-bond acceptors (Lipinski definition) is 2. The highest BCUT2D eigenvalue weighted by molar-refractivity contribution is 5.85. The number of amides is 1. The second-order valence-corrected chi connectivity index (χ2v) is 6.30. The van der Waals surface area contributed by atoms with Crippen molar-refractivity contribution in [2.75, 3.05) is 13.1 Å². The lowest BCUT2D eigenvalue weighted by atomic mass is 9.64. The highest BCUT2D eigenvalue weighted by atomic mass is 35.5. The molecule has 21 heavy (non-hydrogen) atoms. The van der Waals surface area contributed by atoms with Gasteiger partial charge >= 0.3 is 0 Å². The maximum absolute atomic E-state index is 12.6. The summed E-state index contributed by atoms with van der Waals surface area (Å²) in [7, 11) is 0. The van der Waals surface area contributed by atoms with E-state index in [0.29, 0.717) is 6.04 Å². The Bertz CT molecular complexity index is 453. The van der Waals surface area contributed by atoms with Gasteiger partial charge in [-0.1, -0.05) is 36.8 Å². The normalized spacial score (nSPS) is 23.0. The molecule has 2 aliphatic rings. The average molecular weight is 309 g/mol. The highest BCUT2D eigenvalue weighted by Crippen LogP contribution is 2.43. The second kappa shape index (κ2) is 7.28. The van der Waals surface area contributed by atoms with Gasteiger partial charge in [-0.05, 0) is 44.2 Å². The van der Waals surface area contributed by atoms with Gasteiger partial charge in [0.15, 0.2) is 0 Å². The maximum atomic E-state index is 12.6. The zero-order valence-electron chi connectivity index (χ0n) is 12.4. The van der Waals surface area contributed by atoms with Crippen molar-refractivity contribution in [3.8, 4) is 0 Å². The van der Waals surface area contributed by atoms with Crippen LogP contribution in [0.5, 0.6) is 0 Å². The largest absolute Gasteiger partial charge is 0.354 e. The Morgan fingerprint density at radius 1 is 1.24 bits per heavy atom. The molecule has 0 spiro atoms. The summed E-state index contributed by atoms with van der Waals surface area (Å²) in [5, 5.41) is 6.62. The highest BCUT2D eigenvalue weighted by Gasteiger charge is 2.43. The first kappa shape index (κ1) is 16.3. The van der Waals surface area contributed by atoms with Gasteiger partial charge in [-0.25, -0.2) is 0 Å². The summed E-state index contributed by atoms with van der Waals surface area (Å²) in [6.07, 6.45) is 6.55. The van der Waals surface area contributed by atoms with Crippen molar-refractivity contribution in [2.24, 2.45) is 5.41 Å². The summed E-state index contributed by atoms with van der Waals surface area (Å²) < 4.78 is 0. The number of rotatable bonds is 5. The van der Waals surface area contributed by atoms with Crippen LogP contribution >= 0.6 is 12.4 Å². The first-order valence-electron chi connectivity index (χ1n) is 7.84. The van der Waals surface area contributed by atoms with Crippen LogP contribution in [0.2, 0.25) is 0 Å². The van der Waals surface area contributed by atoms with Gasteiger partial charge in [0.05, 0.1) is 5.41 Å². The number of carbonyl (C=O) groups excluding carboxylic acids is 1. The molecular weight excluding hydrogens is 284 g/mol. The topological polar surface area (TPSA) is 41.1 Å². The molecule has 3 nitrogen and oxygen atoms in total. The van der Waals surface area contributed by atoms with Crippen molar-refractivity contribution >= 4 is 18.3 Å². The molecule has 1 heterocycles. The van der Waals surface area contributed by atoms with Crippen molar-refractivity contribution in [1.82, 2.24) is 10.6 Å². The summed E-state index contributed by atoms with van der Waals surface area (Å²) in [5.74, 6) is 0.265. The summed E-state index contributed by atoms with van der Waals surface area (Å²) >= 11 is 0. The van der Waals surface area contributed by atoms with Gasteiger partial charge in [-0.2, -0.15) is 0 Å². The maximum Gasteiger partial charge on any atom is 0.226 e. The Balaban J connectivity index is 0.00000161. The predicted octanol–water partition coefficient (Wildman–Crippen LogP) is 2.69. The molecule has 1 atom stereocenters. The number of halogens is 1. The predicted molar refractivity (Wildman–Crippen MR) is 87.7 cm³/mol. The Morgan fingerprint density at radius 2 is 2.00 bits per heavy atom. The molecule has 1 saturated heterocycles. The smallest absolute Gasteiger partial charge is 0.226 e. The molecule has 4 heteroatoms. The lowest BCUT2D eigenvalue weighted by molar-refractivity contribution is -0.136. The van der Waals surface area contributed by atoms with Crippen LogP contribution in [0, 0.1) is 5.41 Å². The molecule has 3 rings (SSSR count). The fraction of sp³-hybridized carbons (Fsp3) is 0.588. The van der Waals surface area contributed by atoms with E-state index in [-0.39, 0.29) is 23.7 Å². The van der Waals surface area contributed by atoms with Crippen molar-refractivity contribution in [2.45, 2.75) is 44.6 Å². The summed E-state index contributed by atoms with van der Waals surface area (Å²) in [6.45, 7) is 1.88. The van der Waals surface area contributed by atoms with Gasteiger partial charge in [-0.3, -0.25) is 4.79 Å². The van der Waals surface area contributed by atoms with Crippen LogP contribution in [0.15, 0.2) is 30.3 Å². The monoisotopic (exact) mass is 308 g/mol. The molecule has 2 N–H and O–H groups in total. The van der Waals surface area contributed by atoms with Crippen molar-refractivity contribution in [3.05, 3.63) is 35.9 Å². The fourth-order valence-corrected chi connectivity index (χ4v) is 3.41. The molecule has 2 fully saturated rings. The molecule has 0 bridgehead atoms. The molecule has 1 amide bonds. The van der Waals surface area contributed by atoms with Gasteiger partial charge in [-0.15, -0.1) is 12.4 Å². The summed E-state index contributed by atoms with van der Waals surface area (Å²) in [5.41, 5.74) is 1.14. The zero-order chi connectivity index (χ0) is 13.8. The third-order valence-electron chi connectivity index (χ3n) is 4.85. The minimum atomic E-state index is -0.139. The molecule has 1 aliphatic carbocycles. The Morgan fingerprint density at radius 3 is 2.57 bits per heavy atom. The van der Waals surface area contributed by atoms with Crippen LogP contribution in [-0.2, 0) is 11.2 Å². The molecule has 0 radical (unpaired) electrons. The molecule has 1 aromatic carbocycles. The Hall–Kier alpha value is -1.06. The standard InChI is InChI=1S/C17H24N2O.ClH/c20-16(19-13-15-8-4-11-18-15)17(9-5-10-17)12-14-6-2-1-3-7-14;/h1-3,6-7,15,18H,4-5,8-13H2,(H,19,20);1H. The number of carbonyl (C=O) groups is 1. The van der Waals surface area contributed by atoms with Gasteiger partial charge in [0.25, 0.3) is 0 Å². The van der Waals surface area contributed by atoms with E-state index >= 15 is 0 Å². The van der Waals surface area contributed by atoms with Crippen molar-refractivity contribution in [3.63, 3.8) is 0 Å². The fourth-order valence-electron chi connectivity index (χ4n) is 3.41. The minimum absolute atomic E-state index is 0. The summed E-state index contributed by atoms with van der Waals surface area (Å²) in [6, 6.07) is 10.9. The van der Waals surface area contributed by atoms with E-state index in [1.807, 2.05) is 6.07 Å². The molecule has 116 valence electrons. The van der Waals surface area contributed by atoms with Crippen LogP contribution < -0.4 is 10.6 Å². The molecule has 1 unspecified atom stereocenters. The Kier molecular flexibility index (Phi) is 5.65. The second-order valence-electron chi connectivity index (χ2n) is 6.30. The first-order valence-corrected chi connectivity index (χ1v) is 7.84. The quantitative estimate of drug-likeness (QED) is 0.878. The molecule has 1 saturated carbocycles. The van der Waals surface area contributed by atoms with E-state index in [0.717, 1.165) is 32.4 Å². The first-order chi connectivity index (χ1) is 9.78. The van der Waals surface area contributed by atoms with E-state index in [9.17, 15) is 4.79 Å². The zero-order valence-corrected chi connectivity index (χ0v) is 13.3. The number of hydrogen-bond donors (Lipinski definition) is 2. The molecule has 1 aromatic rings. The molecule has 0 aromatic heterocycles. The van der Waals surface area contributed by atoms with E-state index in [2.05, 4.69) is 34.9 Å². The van der Waals surface area contributed by atoms with E-state index < -0.39 is 0 Å².